The first-order valence-corrected chi connectivity index (χ1v) is 6.44. The van der Waals surface area contributed by atoms with Gasteiger partial charge in [0.1, 0.15) is 5.75 Å². The maximum atomic E-state index is 5.80. The third kappa shape index (κ3) is 4.26. The number of unbranched alkanes of at least 4 members (excludes halogenated alkanes) is 4. The summed E-state index contributed by atoms with van der Waals surface area (Å²) in [7, 11) is 0. The lowest BCUT2D eigenvalue weighted by atomic mass is 10.1. The number of aryl methyl sites for hydroxylation is 1. The average Bonchev–Trinajstić information content (AvgIpc) is 2.29. The largest absolute Gasteiger partial charge is 0.493 e. The first-order chi connectivity index (χ1) is 7.75. The van der Waals surface area contributed by atoms with Crippen LogP contribution in [-0.4, -0.2) is 6.61 Å². The van der Waals surface area contributed by atoms with Gasteiger partial charge >= 0.3 is 0 Å². The summed E-state index contributed by atoms with van der Waals surface area (Å²) < 4.78 is 5.80. The summed E-state index contributed by atoms with van der Waals surface area (Å²) in [4.78, 5) is 0. The van der Waals surface area contributed by atoms with Crippen molar-refractivity contribution in [2.75, 3.05) is 6.61 Å². The fourth-order valence-corrected chi connectivity index (χ4v) is 1.77. The van der Waals surface area contributed by atoms with Crippen LogP contribution < -0.4 is 4.74 Å². The Morgan fingerprint density at radius 2 is 1.75 bits per heavy atom. The molecule has 0 N–H and O–H groups in total. The Balaban J connectivity index is 2.24. The van der Waals surface area contributed by atoms with Crippen LogP contribution in [0.1, 0.15) is 50.2 Å². The zero-order chi connectivity index (χ0) is 11.8. The maximum absolute atomic E-state index is 5.80. The van der Waals surface area contributed by atoms with Gasteiger partial charge in [0.05, 0.1) is 6.61 Å². The molecule has 1 aromatic carbocycles. The molecule has 16 heavy (non-hydrogen) atoms. The van der Waals surface area contributed by atoms with Gasteiger partial charge in [0.15, 0.2) is 0 Å². The van der Waals surface area contributed by atoms with Crippen molar-refractivity contribution in [3.05, 3.63) is 29.3 Å². The second kappa shape index (κ2) is 7.32. The summed E-state index contributed by atoms with van der Waals surface area (Å²) in [6.07, 6.45) is 6.46. The highest BCUT2D eigenvalue weighted by atomic mass is 16.5. The molecule has 0 amide bonds. The molecule has 90 valence electrons. The fraction of sp³-hybridized carbons (Fsp3) is 0.600. The van der Waals surface area contributed by atoms with E-state index in [0.29, 0.717) is 0 Å². The molecule has 0 saturated heterocycles. The van der Waals surface area contributed by atoms with Gasteiger partial charge in [0.2, 0.25) is 0 Å². The van der Waals surface area contributed by atoms with Gasteiger partial charge in [-0.3, -0.25) is 0 Å². The van der Waals surface area contributed by atoms with Crippen LogP contribution >= 0.6 is 0 Å². The molecule has 0 aliphatic carbocycles. The molecule has 0 spiro atoms. The summed E-state index contributed by atoms with van der Waals surface area (Å²) in [6.45, 7) is 7.35. The summed E-state index contributed by atoms with van der Waals surface area (Å²) >= 11 is 0. The lowest BCUT2D eigenvalue weighted by Gasteiger charge is -2.10. The lowest BCUT2D eigenvalue weighted by Crippen LogP contribution is -1.99. The summed E-state index contributed by atoms with van der Waals surface area (Å²) in [6, 6.07) is 6.26. The highest BCUT2D eigenvalue weighted by Gasteiger charge is 2.00. The topological polar surface area (TPSA) is 9.23 Å². The number of ether oxygens (including phenoxy) is 1. The SMILES string of the molecule is CCCCCCCOc1cccc(C)c1C. The molecule has 0 aromatic heterocycles. The molecule has 0 bridgehead atoms. The highest BCUT2D eigenvalue weighted by Crippen LogP contribution is 2.20. The normalized spacial score (nSPS) is 10.4. The zero-order valence-corrected chi connectivity index (χ0v) is 10.9. The minimum absolute atomic E-state index is 0.855. The van der Waals surface area contributed by atoms with E-state index in [1.807, 2.05) is 0 Å². The second-order valence-corrected chi connectivity index (χ2v) is 4.46. The molecule has 1 nitrogen and oxygen atoms in total. The van der Waals surface area contributed by atoms with E-state index in [1.54, 1.807) is 0 Å². The predicted molar refractivity (Wildman–Crippen MR) is 70.2 cm³/mol. The number of benzene rings is 1. The van der Waals surface area contributed by atoms with E-state index < -0.39 is 0 Å². The lowest BCUT2D eigenvalue weighted by molar-refractivity contribution is 0.302. The average molecular weight is 220 g/mol. The van der Waals surface area contributed by atoms with Crippen LogP contribution in [0.4, 0.5) is 0 Å². The number of hydrogen-bond acceptors (Lipinski definition) is 1. The van der Waals surface area contributed by atoms with Crippen molar-refractivity contribution in [2.45, 2.75) is 52.9 Å². The molecule has 0 fully saturated rings. The smallest absolute Gasteiger partial charge is 0.122 e. The third-order valence-corrected chi connectivity index (χ3v) is 3.06. The van der Waals surface area contributed by atoms with Crippen molar-refractivity contribution in [2.24, 2.45) is 0 Å². The first kappa shape index (κ1) is 13.1. The summed E-state index contributed by atoms with van der Waals surface area (Å²) in [5.74, 6) is 1.05. The Labute approximate surface area is 99.8 Å². The predicted octanol–water partition coefficient (Wildman–Crippen LogP) is 4.65. The Morgan fingerprint density at radius 1 is 1.00 bits per heavy atom. The quantitative estimate of drug-likeness (QED) is 0.608. The number of rotatable bonds is 7. The van der Waals surface area contributed by atoms with Gasteiger partial charge in [-0.15, -0.1) is 0 Å². The molecular formula is C15H24O. The van der Waals surface area contributed by atoms with Gasteiger partial charge < -0.3 is 4.74 Å². The standard InChI is InChI=1S/C15H24O/c1-4-5-6-7-8-12-16-15-11-9-10-13(2)14(15)3/h9-11H,4-8,12H2,1-3H3. The Morgan fingerprint density at radius 3 is 2.50 bits per heavy atom. The monoisotopic (exact) mass is 220 g/mol. The van der Waals surface area contributed by atoms with Gasteiger partial charge in [0, 0.05) is 0 Å². The molecule has 0 aliphatic heterocycles. The third-order valence-electron chi connectivity index (χ3n) is 3.06. The van der Waals surface area contributed by atoms with Crippen molar-refractivity contribution in [3.63, 3.8) is 0 Å². The highest BCUT2D eigenvalue weighted by molar-refractivity contribution is 5.38. The Bertz CT molecular complexity index is 304. The molecule has 1 rings (SSSR count). The van der Waals surface area contributed by atoms with Crippen LogP contribution in [0.2, 0.25) is 0 Å². The van der Waals surface area contributed by atoms with E-state index in [0.717, 1.165) is 12.4 Å². The molecule has 0 atom stereocenters. The molecule has 1 aromatic rings. The molecule has 0 aliphatic rings. The van der Waals surface area contributed by atoms with Crippen molar-refractivity contribution in [3.8, 4) is 5.75 Å². The van der Waals surface area contributed by atoms with Gasteiger partial charge in [-0.2, -0.15) is 0 Å². The van der Waals surface area contributed by atoms with E-state index in [2.05, 4.69) is 39.0 Å². The molecule has 0 radical (unpaired) electrons. The van der Waals surface area contributed by atoms with E-state index >= 15 is 0 Å². The minimum Gasteiger partial charge on any atom is -0.493 e. The van der Waals surface area contributed by atoms with E-state index in [-0.39, 0.29) is 0 Å². The van der Waals surface area contributed by atoms with Gasteiger partial charge in [-0.1, -0.05) is 44.7 Å². The molecular weight excluding hydrogens is 196 g/mol. The number of hydrogen-bond donors (Lipinski definition) is 0. The van der Waals surface area contributed by atoms with Gasteiger partial charge in [-0.05, 0) is 37.5 Å². The van der Waals surface area contributed by atoms with Crippen LogP contribution in [0, 0.1) is 13.8 Å². The van der Waals surface area contributed by atoms with Gasteiger partial charge in [0.25, 0.3) is 0 Å². The Hall–Kier alpha value is -0.980. The second-order valence-electron chi connectivity index (χ2n) is 4.46. The zero-order valence-electron chi connectivity index (χ0n) is 10.9. The van der Waals surface area contributed by atoms with Crippen molar-refractivity contribution >= 4 is 0 Å². The van der Waals surface area contributed by atoms with Crippen LogP contribution in [0.25, 0.3) is 0 Å². The molecule has 0 unspecified atom stereocenters. The Kier molecular flexibility index (Phi) is 5.99. The molecule has 0 heterocycles. The fourth-order valence-electron chi connectivity index (χ4n) is 1.77. The summed E-state index contributed by atoms with van der Waals surface area (Å²) in [5.41, 5.74) is 2.58. The van der Waals surface area contributed by atoms with Crippen LogP contribution in [0.3, 0.4) is 0 Å². The van der Waals surface area contributed by atoms with Gasteiger partial charge in [-0.25, -0.2) is 0 Å². The maximum Gasteiger partial charge on any atom is 0.122 e. The van der Waals surface area contributed by atoms with E-state index in [4.69, 9.17) is 4.74 Å². The molecule has 0 saturated carbocycles. The van der Waals surface area contributed by atoms with Crippen LogP contribution in [0.15, 0.2) is 18.2 Å². The first-order valence-electron chi connectivity index (χ1n) is 6.44. The van der Waals surface area contributed by atoms with E-state index in [9.17, 15) is 0 Å². The minimum atomic E-state index is 0.855. The van der Waals surface area contributed by atoms with Crippen LogP contribution in [-0.2, 0) is 0 Å². The molecule has 1 heteroatoms. The van der Waals surface area contributed by atoms with Crippen molar-refractivity contribution in [1.82, 2.24) is 0 Å². The summed E-state index contributed by atoms with van der Waals surface area (Å²) in [5, 5.41) is 0. The van der Waals surface area contributed by atoms with Crippen LogP contribution in [0.5, 0.6) is 5.75 Å². The van der Waals surface area contributed by atoms with Crippen molar-refractivity contribution < 1.29 is 4.74 Å². The van der Waals surface area contributed by atoms with E-state index in [1.165, 1.54) is 43.2 Å². The van der Waals surface area contributed by atoms with Crippen molar-refractivity contribution in [1.29, 1.82) is 0 Å².